The van der Waals surface area contributed by atoms with E-state index in [9.17, 15) is 4.79 Å². The molecule has 4 saturated carbocycles. The third-order valence-electron chi connectivity index (χ3n) is 11.5. The Kier molecular flexibility index (Phi) is 9.45. The Hall–Kier alpha value is -0.410. The fourth-order valence-electron chi connectivity index (χ4n) is 8.58. The smallest absolute Gasteiger partial charge is 0.139 e. The van der Waals surface area contributed by atoms with Gasteiger partial charge < -0.3 is 9.47 Å². The number of carbonyl (C=O) groups excluding carboxylic acids is 1. The van der Waals surface area contributed by atoms with Crippen LogP contribution >= 0.6 is 0 Å². The first-order valence-electron chi connectivity index (χ1n) is 15.4. The SMILES string of the molecule is COC1CCC(C(C)(C)C2CCC(OC3CCC(C(=O)C4CCC(C)CC4)CC3)C(C)C2)CC1C. The van der Waals surface area contributed by atoms with Crippen LogP contribution in [0.3, 0.4) is 0 Å². The zero-order valence-corrected chi connectivity index (χ0v) is 23.9. The molecule has 0 aromatic heterocycles. The number of carbonyl (C=O) groups is 1. The summed E-state index contributed by atoms with van der Waals surface area (Å²) >= 11 is 0. The summed E-state index contributed by atoms with van der Waals surface area (Å²) in [4.78, 5) is 13.1. The molecule has 6 unspecified atom stereocenters. The van der Waals surface area contributed by atoms with Gasteiger partial charge in [0.25, 0.3) is 0 Å². The summed E-state index contributed by atoms with van der Waals surface area (Å²) < 4.78 is 12.5. The topological polar surface area (TPSA) is 35.5 Å². The summed E-state index contributed by atoms with van der Waals surface area (Å²) in [6.07, 6.45) is 18.1. The van der Waals surface area contributed by atoms with Crippen molar-refractivity contribution in [2.24, 2.45) is 46.8 Å². The lowest BCUT2D eigenvalue weighted by atomic mass is 9.58. The molecule has 202 valence electrons. The van der Waals surface area contributed by atoms with E-state index in [-0.39, 0.29) is 0 Å². The maximum Gasteiger partial charge on any atom is 0.139 e. The van der Waals surface area contributed by atoms with Crippen LogP contribution in [0.4, 0.5) is 0 Å². The van der Waals surface area contributed by atoms with Crippen LogP contribution in [0.25, 0.3) is 0 Å². The van der Waals surface area contributed by atoms with E-state index in [2.05, 4.69) is 34.6 Å². The second-order valence-corrected chi connectivity index (χ2v) is 14.1. The molecule has 0 saturated heterocycles. The molecule has 0 heterocycles. The molecule has 0 radical (unpaired) electrons. The first kappa shape index (κ1) is 27.6. The predicted molar refractivity (Wildman–Crippen MR) is 144 cm³/mol. The van der Waals surface area contributed by atoms with Gasteiger partial charge in [0, 0.05) is 18.9 Å². The first-order chi connectivity index (χ1) is 16.7. The second kappa shape index (κ2) is 12.0. The van der Waals surface area contributed by atoms with Crippen molar-refractivity contribution in [1.29, 1.82) is 0 Å². The molecule has 4 aliphatic rings. The standard InChI is InChI=1S/C32H56O3/c1-21-7-9-24(10-8-21)31(33)25-11-15-28(16-12-25)35-30-18-14-27(20-23(30)3)32(4,5)26-13-17-29(34-6)22(2)19-26/h21-30H,7-20H2,1-6H3. The zero-order chi connectivity index (χ0) is 25.2. The normalized spacial score (nSPS) is 43.6. The molecule has 4 fully saturated rings. The maximum atomic E-state index is 13.1. The van der Waals surface area contributed by atoms with Gasteiger partial charge in [-0.2, -0.15) is 0 Å². The summed E-state index contributed by atoms with van der Waals surface area (Å²) in [5, 5.41) is 0. The number of Topliss-reactive ketones (excluding diaryl/α,β-unsaturated/α-hetero) is 1. The number of rotatable bonds is 7. The Morgan fingerprint density at radius 2 is 1.14 bits per heavy atom. The van der Waals surface area contributed by atoms with Gasteiger partial charge in [-0.15, -0.1) is 0 Å². The van der Waals surface area contributed by atoms with Crippen LogP contribution in [0, 0.1) is 46.8 Å². The molecule has 4 rings (SSSR count). The van der Waals surface area contributed by atoms with Gasteiger partial charge in [-0.25, -0.2) is 0 Å². The molecule has 0 aromatic carbocycles. The van der Waals surface area contributed by atoms with E-state index in [0.717, 1.165) is 56.3 Å². The van der Waals surface area contributed by atoms with Gasteiger partial charge in [0.1, 0.15) is 5.78 Å². The third-order valence-corrected chi connectivity index (χ3v) is 11.5. The van der Waals surface area contributed by atoms with Crippen molar-refractivity contribution in [2.75, 3.05) is 7.11 Å². The maximum absolute atomic E-state index is 13.1. The Bertz CT molecular complexity index is 670. The average molecular weight is 489 g/mol. The highest BCUT2D eigenvalue weighted by molar-refractivity contribution is 5.83. The van der Waals surface area contributed by atoms with Gasteiger partial charge in [0.05, 0.1) is 18.3 Å². The Morgan fingerprint density at radius 3 is 1.63 bits per heavy atom. The van der Waals surface area contributed by atoms with Crippen LogP contribution in [0.1, 0.15) is 125 Å². The highest BCUT2D eigenvalue weighted by Gasteiger charge is 2.44. The minimum absolute atomic E-state index is 0.317. The van der Waals surface area contributed by atoms with Gasteiger partial charge in [0.2, 0.25) is 0 Å². The van der Waals surface area contributed by atoms with Crippen molar-refractivity contribution in [1.82, 2.24) is 0 Å². The lowest BCUT2D eigenvalue weighted by Gasteiger charge is -2.49. The van der Waals surface area contributed by atoms with Crippen molar-refractivity contribution in [2.45, 2.75) is 143 Å². The summed E-state index contributed by atoms with van der Waals surface area (Å²) in [6, 6.07) is 0. The van der Waals surface area contributed by atoms with Crippen LogP contribution in [0.15, 0.2) is 0 Å². The quantitative estimate of drug-likeness (QED) is 0.362. The monoisotopic (exact) mass is 488 g/mol. The van der Waals surface area contributed by atoms with Crippen molar-refractivity contribution < 1.29 is 14.3 Å². The fourth-order valence-corrected chi connectivity index (χ4v) is 8.58. The zero-order valence-electron chi connectivity index (χ0n) is 23.9. The van der Waals surface area contributed by atoms with Crippen molar-refractivity contribution in [3.05, 3.63) is 0 Å². The minimum Gasteiger partial charge on any atom is -0.381 e. The lowest BCUT2D eigenvalue weighted by molar-refractivity contribution is -0.132. The number of hydrogen-bond donors (Lipinski definition) is 0. The molecule has 0 N–H and O–H groups in total. The second-order valence-electron chi connectivity index (χ2n) is 14.1. The van der Waals surface area contributed by atoms with E-state index in [4.69, 9.17) is 9.47 Å². The van der Waals surface area contributed by atoms with E-state index in [0.29, 0.717) is 53.2 Å². The van der Waals surface area contributed by atoms with Crippen molar-refractivity contribution in [3.8, 4) is 0 Å². The molecule has 0 aliphatic heterocycles. The predicted octanol–water partition coefficient (Wildman–Crippen LogP) is 8.24. The minimum atomic E-state index is 0.317. The highest BCUT2D eigenvalue weighted by Crippen LogP contribution is 2.51. The first-order valence-corrected chi connectivity index (χ1v) is 15.4. The van der Waals surface area contributed by atoms with Gasteiger partial charge >= 0.3 is 0 Å². The molecular formula is C32H56O3. The van der Waals surface area contributed by atoms with E-state index < -0.39 is 0 Å². The fraction of sp³-hybridized carbons (Fsp3) is 0.969. The number of methoxy groups -OCH3 is 1. The van der Waals surface area contributed by atoms with Gasteiger partial charge in [-0.3, -0.25) is 4.79 Å². The molecular weight excluding hydrogens is 432 g/mol. The Labute approximate surface area is 216 Å². The van der Waals surface area contributed by atoms with Gasteiger partial charge in [-0.1, -0.05) is 47.5 Å². The van der Waals surface area contributed by atoms with Gasteiger partial charge in [0.15, 0.2) is 0 Å². The number of ketones is 1. The van der Waals surface area contributed by atoms with E-state index >= 15 is 0 Å². The van der Waals surface area contributed by atoms with Crippen molar-refractivity contribution in [3.63, 3.8) is 0 Å². The summed E-state index contributed by atoms with van der Waals surface area (Å²) in [5.74, 6) is 5.04. The van der Waals surface area contributed by atoms with Crippen LogP contribution in [0.2, 0.25) is 0 Å². The number of hydrogen-bond acceptors (Lipinski definition) is 3. The molecule has 0 bridgehead atoms. The molecule has 3 heteroatoms. The van der Waals surface area contributed by atoms with E-state index in [1.807, 2.05) is 7.11 Å². The van der Waals surface area contributed by atoms with Crippen LogP contribution in [-0.4, -0.2) is 31.2 Å². The summed E-state index contributed by atoms with van der Waals surface area (Å²) in [6.45, 7) is 12.3. The van der Waals surface area contributed by atoms with E-state index in [1.54, 1.807) is 0 Å². The molecule has 6 atom stereocenters. The molecule has 35 heavy (non-hydrogen) atoms. The van der Waals surface area contributed by atoms with Crippen LogP contribution in [0.5, 0.6) is 0 Å². The molecule has 0 amide bonds. The molecule has 0 aromatic rings. The Morgan fingerprint density at radius 1 is 0.657 bits per heavy atom. The average Bonchev–Trinajstić information content (AvgIpc) is 2.85. The molecule has 3 nitrogen and oxygen atoms in total. The van der Waals surface area contributed by atoms with Crippen molar-refractivity contribution >= 4 is 5.78 Å². The Balaban J connectivity index is 1.21. The van der Waals surface area contributed by atoms with Gasteiger partial charge in [-0.05, 0) is 112 Å². The van der Waals surface area contributed by atoms with Crippen LogP contribution in [-0.2, 0) is 14.3 Å². The third kappa shape index (κ3) is 6.54. The number of ether oxygens (including phenoxy) is 2. The highest BCUT2D eigenvalue weighted by atomic mass is 16.5. The van der Waals surface area contributed by atoms with E-state index in [1.165, 1.54) is 51.4 Å². The molecule has 0 spiro atoms. The summed E-state index contributed by atoms with van der Waals surface area (Å²) in [7, 11) is 1.89. The molecule has 4 aliphatic carbocycles. The lowest BCUT2D eigenvalue weighted by Crippen LogP contribution is -2.43. The van der Waals surface area contributed by atoms with Crippen LogP contribution < -0.4 is 0 Å². The summed E-state index contributed by atoms with van der Waals surface area (Å²) in [5.41, 5.74) is 0.404. The largest absolute Gasteiger partial charge is 0.381 e.